The largest absolute Gasteiger partial charge is 0.508 e. The molecule has 15 N–H and O–H groups in total. The molecule has 0 unspecified atom stereocenters. The second-order valence-electron chi connectivity index (χ2n) is 41.1. The van der Waals surface area contributed by atoms with Crippen LogP contribution in [0.25, 0.3) is 89.0 Å². The second-order valence-corrected chi connectivity index (χ2v) is 41.1. The number of ether oxygens (including phenoxy) is 1. The quantitative estimate of drug-likeness (QED) is 0.0403. The average Bonchev–Trinajstić information content (AvgIpc) is 1.74. The van der Waals surface area contributed by atoms with Gasteiger partial charge in [0.1, 0.15) is 57.5 Å². The first-order chi connectivity index (χ1) is 72.0. The van der Waals surface area contributed by atoms with Crippen LogP contribution < -0.4 is 0 Å². The van der Waals surface area contributed by atoms with Crippen molar-refractivity contribution in [1.82, 2.24) is 0 Å². The summed E-state index contributed by atoms with van der Waals surface area (Å²) in [7, 11) is 1.65. The van der Waals surface area contributed by atoms with E-state index in [4.69, 9.17) is 9.84 Å². The Morgan fingerprint density at radius 1 is 0.207 bits per heavy atom. The van der Waals surface area contributed by atoms with Crippen molar-refractivity contribution in [2.45, 2.75) is 243 Å². The van der Waals surface area contributed by atoms with Gasteiger partial charge >= 0.3 is 0 Å². The normalized spacial score (nSPS) is 15.0. The van der Waals surface area contributed by atoms with E-state index in [1.807, 2.05) is 184 Å². The molecule has 16 heteroatoms. The summed E-state index contributed by atoms with van der Waals surface area (Å²) >= 11 is 0. The first kappa shape index (κ1) is 111. The van der Waals surface area contributed by atoms with Crippen molar-refractivity contribution in [2.24, 2.45) is 0 Å². The van der Waals surface area contributed by atoms with Gasteiger partial charge in [0.15, 0.2) is 0 Å². The molecule has 16 aromatic rings. The van der Waals surface area contributed by atoms with Crippen LogP contribution in [0.4, 0.5) is 0 Å². The Morgan fingerprint density at radius 2 is 0.447 bits per heavy atom. The lowest BCUT2D eigenvalue weighted by Crippen LogP contribution is -1.94. The molecule has 0 amide bonds. The maximum absolute atomic E-state index is 10.1. The number of aromatic hydroxyl groups is 10. The summed E-state index contributed by atoms with van der Waals surface area (Å²) in [6.07, 6.45) is 13.6. The lowest BCUT2D eigenvalue weighted by molar-refractivity contribution is 0.182. The van der Waals surface area contributed by atoms with Crippen LogP contribution in [0.3, 0.4) is 0 Å². The van der Waals surface area contributed by atoms with E-state index in [9.17, 15) is 71.5 Å². The van der Waals surface area contributed by atoms with Crippen molar-refractivity contribution in [2.75, 3.05) is 7.11 Å². The van der Waals surface area contributed by atoms with E-state index in [2.05, 4.69) is 138 Å². The Morgan fingerprint density at radius 3 is 0.780 bits per heavy atom. The number of hydrogen-bond acceptors (Lipinski definition) is 16. The van der Waals surface area contributed by atoms with Crippen molar-refractivity contribution in [1.29, 1.82) is 0 Å². The minimum absolute atomic E-state index is 0.0152. The van der Waals surface area contributed by atoms with Gasteiger partial charge in [-0.1, -0.05) is 206 Å². The van der Waals surface area contributed by atoms with Gasteiger partial charge in [0.05, 0.1) is 39.6 Å². The SMILES string of the molecule is CCc1cc(-c2cc(C)c(O)c(C)c2)ccc1O.CCc1ccc(-c2cc(C)c(O)c(C)c2)cc1O.COCc1cc(-c2ccc3c(c2)CC[C@@H]3C)cc(C)c1O.C[C@H]1CCc2cc(-c3cc(CO)c(O)c(CO)c3)ccc21.C[C@H]1CCc2cc(-c3ccc(O)c(CO)c3)ccc21.Cc1cc(-c2ccc3c(c2)CC[C@@H]3C)cc(CO)c1O.Cc1cc(-c2ccc3c(c2)CC[C@@H]3C)ccc1O.OCc1cc(-c2ccccc2)ccc1O. The van der Waals surface area contributed by atoms with E-state index in [1.165, 1.54) is 117 Å². The van der Waals surface area contributed by atoms with E-state index in [-0.39, 0.29) is 56.0 Å². The monoisotopic (exact) mass is 2010 g/mol. The van der Waals surface area contributed by atoms with Crippen LogP contribution in [-0.2, 0) is 89.3 Å². The lowest BCUT2D eigenvalue weighted by Gasteiger charge is -2.12. The molecule has 0 spiro atoms. The van der Waals surface area contributed by atoms with Crippen LogP contribution in [-0.4, -0.2) is 83.7 Å². The molecule has 21 rings (SSSR count). The third kappa shape index (κ3) is 26.4. The Kier molecular flexibility index (Phi) is 37.4. The molecule has 0 saturated carbocycles. The Hall–Kier alpha value is -14.7. The number of fused-ring (bicyclic) bond motifs is 5. The number of phenolic OH excluding ortho intramolecular Hbond substituents is 6. The minimum Gasteiger partial charge on any atom is -0.508 e. The second kappa shape index (κ2) is 50.5. The molecule has 0 saturated heterocycles. The molecule has 16 nitrogen and oxygen atoms in total. The topological polar surface area (TPSA) is 313 Å². The van der Waals surface area contributed by atoms with Gasteiger partial charge in [0.2, 0.25) is 0 Å². The highest BCUT2D eigenvalue weighted by Crippen LogP contribution is 2.46. The highest BCUT2D eigenvalue weighted by molar-refractivity contribution is 5.77. The molecule has 0 radical (unpaired) electrons. The fourth-order valence-electron chi connectivity index (χ4n) is 21.2. The van der Waals surface area contributed by atoms with Gasteiger partial charge in [-0.3, -0.25) is 0 Å². The first-order valence-electron chi connectivity index (χ1n) is 52.5. The van der Waals surface area contributed by atoms with Gasteiger partial charge in [0.25, 0.3) is 0 Å². The molecular formula is C134H146O16. The molecule has 5 atom stereocenters. The van der Waals surface area contributed by atoms with Gasteiger partial charge in [-0.25, -0.2) is 0 Å². The fraction of sp³-hybridized carbons (Fsp3) is 0.284. The van der Waals surface area contributed by atoms with Crippen LogP contribution in [0.15, 0.2) is 273 Å². The molecule has 150 heavy (non-hydrogen) atoms. The number of methoxy groups -OCH3 is 1. The summed E-state index contributed by atoms with van der Waals surface area (Å²) in [4.78, 5) is 0. The van der Waals surface area contributed by atoms with Crippen LogP contribution in [0.2, 0.25) is 0 Å². The maximum Gasteiger partial charge on any atom is 0.126 e. The highest BCUT2D eigenvalue weighted by atomic mass is 16.5. The zero-order valence-electron chi connectivity index (χ0n) is 89.2. The van der Waals surface area contributed by atoms with Crippen molar-refractivity contribution < 1.29 is 81.3 Å². The van der Waals surface area contributed by atoms with E-state index in [0.717, 1.165) is 160 Å². The van der Waals surface area contributed by atoms with E-state index in [1.54, 1.807) is 55.6 Å². The number of phenols is 10. The number of hydrogen-bond donors (Lipinski definition) is 15. The number of aryl methyl sites for hydroxylation is 14. The molecule has 5 aliphatic carbocycles. The number of aliphatic hydroxyl groups is 5. The molecule has 0 aliphatic heterocycles. The molecule has 5 aliphatic rings. The average molecular weight is 2010 g/mol. The summed E-state index contributed by atoms with van der Waals surface area (Å²) in [5.41, 5.74) is 43.4. The van der Waals surface area contributed by atoms with Gasteiger partial charge < -0.3 is 81.3 Å². The van der Waals surface area contributed by atoms with Crippen molar-refractivity contribution in [3.05, 3.63) is 412 Å². The van der Waals surface area contributed by atoms with Crippen molar-refractivity contribution >= 4 is 0 Å². The smallest absolute Gasteiger partial charge is 0.126 e. The van der Waals surface area contributed by atoms with Gasteiger partial charge in [-0.05, 0) is 465 Å². The fourth-order valence-corrected chi connectivity index (χ4v) is 21.2. The Balaban J connectivity index is 0.000000135. The summed E-state index contributed by atoms with van der Waals surface area (Å²) in [6, 6.07) is 90.2. The van der Waals surface area contributed by atoms with Crippen molar-refractivity contribution in [3.8, 4) is 147 Å². The maximum atomic E-state index is 10.1. The summed E-state index contributed by atoms with van der Waals surface area (Å²) in [6.45, 7) is 28.3. The molecule has 778 valence electrons. The number of aliphatic hydroxyl groups excluding tert-OH is 5. The standard InChI is InChI=1S/C19H22O2.C18H20O3.C18H20O2.C17H18O2.C17H18O.2C16H18O2.C13H12O2/c1-12-4-5-15-9-14(6-7-18(12)15)16-8-13(2)19(20)17(10-16)11-21-3;1-11-2-3-13-6-12(4-5-17(11)13)14-7-15(9-19)18(21)16(8-14)10-20;1-11-3-4-14-8-13(5-6-17(11)14)15-7-12(2)18(20)16(9-15)10-19;1-11-2-3-14-8-12(4-6-16(11)14)13-5-7-17(19)15(9-13)10-18;1-11-3-4-15-10-14(5-7-16(11)15)13-6-8-17(18)12(2)9-13;1-4-12-9-13(5-6-15(12)17)14-7-10(2)16(18)11(3)8-14;1-4-12-5-6-13(9-15(12)17)14-7-10(2)16(18)11(3)8-14;14-9-12-8-11(6-7-13(12)15)10-4-2-1-3-5-10/h6-10,12,20H,4-5,11H2,1-3H3;4-8,11,19-21H,2-3,9-10H2,1H3;5-9,11,19-20H,3-4,10H2,1-2H3;4-9,11,18-19H,2-3,10H2,1H3;5-11,18H,3-4H2,1-2H3;2*5-9,17-18H,4H2,1-3H3;1-8,14-15H,9H2/t12-;4*11-;;;/m00000.../s1. The molecule has 0 bridgehead atoms. The van der Waals surface area contributed by atoms with Crippen LogP contribution in [0, 0.1) is 48.5 Å². The molecule has 0 fully saturated rings. The first-order valence-corrected chi connectivity index (χ1v) is 52.5. The highest BCUT2D eigenvalue weighted by Gasteiger charge is 2.27. The Labute approximate surface area is 884 Å². The lowest BCUT2D eigenvalue weighted by atomic mass is 9.95. The van der Waals surface area contributed by atoms with Crippen LogP contribution in [0.5, 0.6) is 57.5 Å². The van der Waals surface area contributed by atoms with Gasteiger partial charge in [-0.15, -0.1) is 0 Å². The predicted molar refractivity (Wildman–Crippen MR) is 608 cm³/mol. The Bertz CT molecular complexity index is 7400. The van der Waals surface area contributed by atoms with E-state index < -0.39 is 0 Å². The predicted octanol–water partition coefficient (Wildman–Crippen LogP) is 30.0. The van der Waals surface area contributed by atoms with Crippen molar-refractivity contribution in [3.63, 3.8) is 0 Å². The zero-order chi connectivity index (χ0) is 108. The third-order valence-electron chi connectivity index (χ3n) is 30.5. The molecular weight excluding hydrogens is 1870 g/mol. The minimum atomic E-state index is -0.241. The van der Waals surface area contributed by atoms with Crippen LogP contribution >= 0.6 is 0 Å². The summed E-state index contributed by atoms with van der Waals surface area (Å²) in [5.74, 6) is 5.88. The van der Waals surface area contributed by atoms with Crippen LogP contribution in [0.1, 0.15) is 249 Å². The zero-order valence-corrected chi connectivity index (χ0v) is 89.2. The number of rotatable bonds is 17. The van der Waals surface area contributed by atoms with Gasteiger partial charge in [0, 0.05) is 40.5 Å². The number of benzene rings is 16. The van der Waals surface area contributed by atoms with E-state index >= 15 is 0 Å². The van der Waals surface area contributed by atoms with E-state index in [0.29, 0.717) is 98.5 Å². The molecule has 16 aromatic carbocycles. The summed E-state index contributed by atoms with van der Waals surface area (Å²) < 4.78 is 5.18. The van der Waals surface area contributed by atoms with Gasteiger partial charge in [-0.2, -0.15) is 0 Å². The third-order valence-corrected chi connectivity index (χ3v) is 30.5. The molecule has 0 aromatic heterocycles. The molecule has 0 heterocycles. The summed E-state index contributed by atoms with van der Waals surface area (Å²) in [5, 5.41) is 144.